The van der Waals surface area contributed by atoms with E-state index in [0.717, 1.165) is 71.9 Å². The van der Waals surface area contributed by atoms with Crippen LogP contribution < -0.4 is 5.32 Å². The molecule has 204 valence electrons. The summed E-state index contributed by atoms with van der Waals surface area (Å²) in [6.45, 7) is 13.4. The Morgan fingerprint density at radius 2 is 1.56 bits per heavy atom. The second-order valence-electron chi connectivity index (χ2n) is 10.0. The van der Waals surface area contributed by atoms with Crippen molar-refractivity contribution < 1.29 is 0 Å². The Morgan fingerprint density at radius 1 is 0.846 bits per heavy atom. The Bertz CT molecular complexity index is 1490. The Hall–Kier alpha value is -2.91. The number of piperazine rings is 1. The number of thiocarbonyl (C=S) groups is 1. The number of aryl methyl sites for hydroxylation is 2. The number of hydrogen-bond acceptors (Lipinski definition) is 4. The van der Waals surface area contributed by atoms with Gasteiger partial charge in [-0.3, -0.25) is 9.58 Å². The highest BCUT2D eigenvalue weighted by Crippen LogP contribution is 2.26. The van der Waals surface area contributed by atoms with Gasteiger partial charge in [-0.2, -0.15) is 10.2 Å². The van der Waals surface area contributed by atoms with E-state index < -0.39 is 0 Å². The number of nitrogens with one attached hydrogen (secondary N) is 1. The lowest BCUT2D eigenvalue weighted by atomic mass is 10.1. The molecular weight excluding hydrogens is 549 g/mol. The number of benzene rings is 2. The van der Waals surface area contributed by atoms with Crippen LogP contribution in [0.2, 0.25) is 10.0 Å². The van der Waals surface area contributed by atoms with Gasteiger partial charge in [0.15, 0.2) is 5.11 Å². The minimum Gasteiger partial charge on any atom is -0.346 e. The minimum atomic E-state index is 0.546. The van der Waals surface area contributed by atoms with Gasteiger partial charge in [0.25, 0.3) is 0 Å². The van der Waals surface area contributed by atoms with Crippen LogP contribution in [0.15, 0.2) is 48.5 Å². The Kier molecular flexibility index (Phi) is 8.28. The van der Waals surface area contributed by atoms with Crippen LogP contribution in [0.1, 0.15) is 33.9 Å². The molecule has 1 fully saturated rings. The second kappa shape index (κ2) is 11.7. The SMILES string of the molecule is Cc1nn(-c2ccccc2)c(C)c1CN1CCN(C(=S)Nc2c(C)nn(Cc3ccc(Cl)c(Cl)c3)c2C)CC1. The molecule has 0 amide bonds. The van der Waals surface area contributed by atoms with E-state index in [0.29, 0.717) is 16.6 Å². The fourth-order valence-corrected chi connectivity index (χ4v) is 5.69. The maximum atomic E-state index is 6.20. The molecule has 39 heavy (non-hydrogen) atoms. The van der Waals surface area contributed by atoms with E-state index in [4.69, 9.17) is 45.6 Å². The van der Waals surface area contributed by atoms with Crippen molar-refractivity contribution in [2.24, 2.45) is 0 Å². The fourth-order valence-electron chi connectivity index (χ4n) is 5.09. The summed E-state index contributed by atoms with van der Waals surface area (Å²) in [5.41, 5.74) is 8.62. The van der Waals surface area contributed by atoms with Crippen LogP contribution in [-0.4, -0.2) is 60.7 Å². The summed E-state index contributed by atoms with van der Waals surface area (Å²) in [4.78, 5) is 4.73. The van der Waals surface area contributed by atoms with Gasteiger partial charge in [0, 0.05) is 44.0 Å². The summed E-state index contributed by atoms with van der Waals surface area (Å²) in [7, 11) is 0. The molecule has 1 aliphatic rings. The molecular formula is C29H33Cl2N7S. The predicted octanol–water partition coefficient (Wildman–Crippen LogP) is 6.17. The average Bonchev–Trinajstić information content (AvgIpc) is 3.36. The summed E-state index contributed by atoms with van der Waals surface area (Å²) in [6, 6.07) is 16.0. The third kappa shape index (κ3) is 5.99. The van der Waals surface area contributed by atoms with E-state index in [-0.39, 0.29) is 0 Å². The van der Waals surface area contributed by atoms with Gasteiger partial charge in [0.05, 0.1) is 45.0 Å². The lowest BCUT2D eigenvalue weighted by Gasteiger charge is -2.36. The van der Waals surface area contributed by atoms with E-state index in [1.54, 1.807) is 0 Å². The average molecular weight is 583 g/mol. The highest BCUT2D eigenvalue weighted by molar-refractivity contribution is 7.80. The molecule has 0 saturated carbocycles. The van der Waals surface area contributed by atoms with Gasteiger partial charge in [-0.05, 0) is 69.7 Å². The molecule has 1 aliphatic heterocycles. The Labute approximate surface area is 245 Å². The van der Waals surface area contributed by atoms with Gasteiger partial charge in [0.2, 0.25) is 0 Å². The van der Waals surface area contributed by atoms with Crippen molar-refractivity contribution in [1.82, 2.24) is 29.4 Å². The molecule has 1 N–H and O–H groups in total. The van der Waals surface area contributed by atoms with Crippen LogP contribution in [0.25, 0.3) is 5.69 Å². The van der Waals surface area contributed by atoms with Gasteiger partial charge in [0.1, 0.15) is 0 Å². The van der Waals surface area contributed by atoms with Crippen LogP contribution in [0.5, 0.6) is 0 Å². The Balaban J connectivity index is 1.19. The van der Waals surface area contributed by atoms with Crippen molar-refractivity contribution in [3.63, 3.8) is 0 Å². The van der Waals surface area contributed by atoms with Crippen molar-refractivity contribution in [3.8, 4) is 5.69 Å². The van der Waals surface area contributed by atoms with Crippen molar-refractivity contribution in [3.05, 3.63) is 92.5 Å². The van der Waals surface area contributed by atoms with Crippen molar-refractivity contribution in [2.75, 3.05) is 31.5 Å². The zero-order chi connectivity index (χ0) is 27.7. The molecule has 4 aromatic rings. The van der Waals surface area contributed by atoms with Gasteiger partial charge < -0.3 is 10.2 Å². The van der Waals surface area contributed by atoms with Crippen LogP contribution in [0.3, 0.4) is 0 Å². The molecule has 0 atom stereocenters. The summed E-state index contributed by atoms with van der Waals surface area (Å²) < 4.78 is 4.02. The number of halogens is 2. The number of aromatic nitrogens is 4. The van der Waals surface area contributed by atoms with E-state index in [9.17, 15) is 0 Å². The maximum Gasteiger partial charge on any atom is 0.173 e. The molecule has 1 saturated heterocycles. The van der Waals surface area contributed by atoms with Crippen LogP contribution in [-0.2, 0) is 13.1 Å². The largest absolute Gasteiger partial charge is 0.346 e. The molecule has 7 nitrogen and oxygen atoms in total. The zero-order valence-electron chi connectivity index (χ0n) is 22.7. The van der Waals surface area contributed by atoms with Crippen LogP contribution in [0, 0.1) is 27.7 Å². The molecule has 0 bridgehead atoms. The smallest absolute Gasteiger partial charge is 0.173 e. The van der Waals surface area contributed by atoms with Gasteiger partial charge in [-0.1, -0.05) is 47.5 Å². The highest BCUT2D eigenvalue weighted by atomic mass is 35.5. The third-order valence-electron chi connectivity index (χ3n) is 7.41. The van der Waals surface area contributed by atoms with Gasteiger partial charge in [-0.15, -0.1) is 0 Å². The van der Waals surface area contributed by atoms with E-state index in [1.165, 1.54) is 11.3 Å². The van der Waals surface area contributed by atoms with E-state index in [1.807, 2.05) is 52.7 Å². The van der Waals surface area contributed by atoms with Crippen molar-refractivity contribution >= 4 is 46.2 Å². The van der Waals surface area contributed by atoms with E-state index in [2.05, 4.69) is 48.0 Å². The predicted molar refractivity (Wildman–Crippen MR) is 163 cm³/mol. The first-order chi connectivity index (χ1) is 18.7. The van der Waals surface area contributed by atoms with E-state index >= 15 is 0 Å². The third-order valence-corrected chi connectivity index (χ3v) is 8.51. The van der Waals surface area contributed by atoms with Crippen LogP contribution >= 0.6 is 35.4 Å². The molecule has 3 heterocycles. The molecule has 2 aromatic heterocycles. The van der Waals surface area contributed by atoms with Gasteiger partial charge in [-0.25, -0.2) is 4.68 Å². The van der Waals surface area contributed by atoms with Gasteiger partial charge >= 0.3 is 0 Å². The number of para-hydroxylation sites is 1. The quantitative estimate of drug-likeness (QED) is 0.275. The van der Waals surface area contributed by atoms with Crippen molar-refractivity contribution in [1.29, 1.82) is 0 Å². The lowest BCUT2D eigenvalue weighted by molar-refractivity contribution is 0.176. The molecule has 0 unspecified atom stereocenters. The summed E-state index contributed by atoms with van der Waals surface area (Å²) >= 11 is 18.1. The summed E-state index contributed by atoms with van der Waals surface area (Å²) in [5, 5.41) is 14.9. The standard InChI is InChI=1S/C29H33Cl2N7S/c1-19-25(21(3)38(34-19)24-8-6-5-7-9-24)18-35-12-14-36(15-13-35)29(39)32-28-20(2)33-37(22(28)4)17-23-10-11-26(30)27(31)16-23/h5-11,16H,12-15,17-18H2,1-4H3,(H,32,39). The molecule has 0 aliphatic carbocycles. The molecule has 5 rings (SSSR count). The molecule has 0 radical (unpaired) electrons. The Morgan fingerprint density at radius 3 is 2.26 bits per heavy atom. The lowest BCUT2D eigenvalue weighted by Crippen LogP contribution is -2.49. The number of rotatable bonds is 6. The highest BCUT2D eigenvalue weighted by Gasteiger charge is 2.23. The monoisotopic (exact) mass is 581 g/mol. The molecule has 2 aromatic carbocycles. The summed E-state index contributed by atoms with van der Waals surface area (Å²) in [6.07, 6.45) is 0. The topological polar surface area (TPSA) is 54.2 Å². The first-order valence-corrected chi connectivity index (χ1v) is 14.2. The first kappa shape index (κ1) is 27.6. The normalized spacial score (nSPS) is 14.2. The second-order valence-corrected chi connectivity index (χ2v) is 11.2. The maximum absolute atomic E-state index is 6.20. The molecule has 0 spiro atoms. The zero-order valence-corrected chi connectivity index (χ0v) is 25.0. The fraction of sp³-hybridized carbons (Fsp3) is 0.345. The summed E-state index contributed by atoms with van der Waals surface area (Å²) in [5.74, 6) is 0. The first-order valence-electron chi connectivity index (χ1n) is 13.1. The number of hydrogen-bond donors (Lipinski definition) is 1. The van der Waals surface area contributed by atoms with Crippen LogP contribution in [0.4, 0.5) is 5.69 Å². The number of anilines is 1. The number of nitrogens with zero attached hydrogens (tertiary/aromatic N) is 6. The minimum absolute atomic E-state index is 0.546. The van der Waals surface area contributed by atoms with Crippen molar-refractivity contribution in [2.45, 2.75) is 40.8 Å². The molecule has 10 heteroatoms.